The number of hydrogen-bond acceptors (Lipinski definition) is 3. The third-order valence-electron chi connectivity index (χ3n) is 4.36. The van der Waals surface area contributed by atoms with E-state index in [4.69, 9.17) is 4.42 Å². The SMILES string of the molecule is Cc1ccc(-c2cn(-c3cccc(C(=O)/C=C/c4ccccc4)c3)c(=O)[nH]2)o1. The van der Waals surface area contributed by atoms with Crippen LogP contribution in [0.1, 0.15) is 21.7 Å². The van der Waals surface area contributed by atoms with Crippen molar-refractivity contribution in [2.75, 3.05) is 0 Å². The zero-order valence-corrected chi connectivity index (χ0v) is 15.3. The zero-order chi connectivity index (χ0) is 19.5. The Morgan fingerprint density at radius 3 is 2.61 bits per heavy atom. The summed E-state index contributed by atoms with van der Waals surface area (Å²) in [7, 11) is 0. The zero-order valence-electron chi connectivity index (χ0n) is 15.3. The normalized spacial score (nSPS) is 11.2. The number of imidazole rings is 1. The number of nitrogens with one attached hydrogen (secondary N) is 1. The molecule has 0 atom stereocenters. The largest absolute Gasteiger partial charge is 0.460 e. The lowest BCUT2D eigenvalue weighted by molar-refractivity contribution is 0.104. The minimum absolute atomic E-state index is 0.129. The highest BCUT2D eigenvalue weighted by Crippen LogP contribution is 2.20. The standard InChI is InChI=1S/C23H18N2O3/c1-16-10-13-22(28-16)20-15-25(23(27)24-20)19-9-5-8-18(14-19)21(26)12-11-17-6-3-2-4-7-17/h2-15H,1H3,(H,24,27)/b12-11+. The van der Waals surface area contributed by atoms with E-state index in [1.54, 1.807) is 42.6 Å². The first-order valence-corrected chi connectivity index (χ1v) is 8.86. The van der Waals surface area contributed by atoms with Crippen molar-refractivity contribution in [3.8, 4) is 17.1 Å². The van der Waals surface area contributed by atoms with Crippen molar-refractivity contribution in [1.29, 1.82) is 0 Å². The van der Waals surface area contributed by atoms with Gasteiger partial charge in [-0.15, -0.1) is 0 Å². The number of hydrogen-bond donors (Lipinski definition) is 1. The van der Waals surface area contributed by atoms with Gasteiger partial charge in [-0.3, -0.25) is 9.36 Å². The van der Waals surface area contributed by atoms with Crippen molar-refractivity contribution in [2.24, 2.45) is 0 Å². The monoisotopic (exact) mass is 370 g/mol. The second-order valence-corrected chi connectivity index (χ2v) is 6.41. The molecule has 0 saturated heterocycles. The topological polar surface area (TPSA) is 68.0 Å². The Morgan fingerprint density at radius 2 is 1.86 bits per heavy atom. The molecular weight excluding hydrogens is 352 g/mol. The number of carbonyl (C=O) groups is 1. The van der Waals surface area contributed by atoms with Gasteiger partial charge in [0.05, 0.1) is 5.69 Å². The molecular formula is C23H18N2O3. The van der Waals surface area contributed by atoms with Crippen LogP contribution in [0.3, 0.4) is 0 Å². The average molecular weight is 370 g/mol. The maximum atomic E-state index is 12.5. The minimum atomic E-state index is -0.298. The van der Waals surface area contributed by atoms with Gasteiger partial charge in [-0.1, -0.05) is 48.5 Å². The second-order valence-electron chi connectivity index (χ2n) is 6.41. The third kappa shape index (κ3) is 3.64. The first-order chi connectivity index (χ1) is 13.6. The van der Waals surface area contributed by atoms with Crippen LogP contribution in [0, 0.1) is 6.92 Å². The van der Waals surface area contributed by atoms with E-state index in [2.05, 4.69) is 4.98 Å². The first-order valence-electron chi connectivity index (χ1n) is 8.86. The smallest absolute Gasteiger partial charge is 0.330 e. The molecule has 5 heteroatoms. The molecule has 4 rings (SSSR count). The number of furan rings is 1. The third-order valence-corrected chi connectivity index (χ3v) is 4.36. The van der Waals surface area contributed by atoms with E-state index >= 15 is 0 Å². The van der Waals surface area contributed by atoms with E-state index in [0.717, 1.165) is 11.3 Å². The molecule has 1 N–H and O–H groups in total. The van der Waals surface area contributed by atoms with Gasteiger partial charge in [-0.2, -0.15) is 0 Å². The number of allylic oxidation sites excluding steroid dienone is 1. The molecule has 2 heterocycles. The molecule has 0 radical (unpaired) electrons. The predicted molar refractivity (Wildman–Crippen MR) is 109 cm³/mol. The fraction of sp³-hybridized carbons (Fsp3) is 0.0435. The van der Waals surface area contributed by atoms with E-state index in [0.29, 0.717) is 22.7 Å². The molecule has 0 aliphatic heterocycles. The van der Waals surface area contributed by atoms with Crippen molar-refractivity contribution in [3.63, 3.8) is 0 Å². The van der Waals surface area contributed by atoms with Gasteiger partial charge in [-0.05, 0) is 42.8 Å². The molecule has 0 fully saturated rings. The highest BCUT2D eigenvalue weighted by molar-refractivity contribution is 6.07. The van der Waals surface area contributed by atoms with Gasteiger partial charge in [0.2, 0.25) is 0 Å². The van der Waals surface area contributed by atoms with Gasteiger partial charge in [0, 0.05) is 11.8 Å². The summed E-state index contributed by atoms with van der Waals surface area (Å²) in [6.07, 6.45) is 4.98. The van der Waals surface area contributed by atoms with Crippen LogP contribution < -0.4 is 5.69 Å². The number of aryl methyl sites for hydroxylation is 1. The molecule has 0 aliphatic rings. The molecule has 4 aromatic rings. The first kappa shape index (κ1) is 17.5. The van der Waals surface area contributed by atoms with Crippen LogP contribution in [0.25, 0.3) is 23.2 Å². The van der Waals surface area contributed by atoms with Crippen LogP contribution in [0.2, 0.25) is 0 Å². The van der Waals surface area contributed by atoms with E-state index in [1.165, 1.54) is 10.6 Å². The van der Waals surface area contributed by atoms with Crippen LogP contribution in [-0.4, -0.2) is 15.3 Å². The summed E-state index contributed by atoms with van der Waals surface area (Å²) in [4.78, 5) is 27.7. The fourth-order valence-electron chi connectivity index (χ4n) is 2.93. The number of aromatic amines is 1. The second kappa shape index (κ2) is 7.40. The lowest BCUT2D eigenvalue weighted by Crippen LogP contribution is -2.14. The highest BCUT2D eigenvalue weighted by atomic mass is 16.3. The van der Waals surface area contributed by atoms with Crippen molar-refractivity contribution in [3.05, 3.63) is 106 Å². The molecule has 0 bridgehead atoms. The maximum Gasteiger partial charge on any atom is 0.330 e. The molecule has 2 aromatic carbocycles. The van der Waals surface area contributed by atoms with Gasteiger partial charge >= 0.3 is 5.69 Å². The van der Waals surface area contributed by atoms with E-state index in [1.807, 2.05) is 43.3 Å². The number of benzene rings is 2. The number of nitrogens with zero attached hydrogens (tertiary/aromatic N) is 1. The molecule has 0 aliphatic carbocycles. The van der Waals surface area contributed by atoms with Gasteiger partial charge < -0.3 is 9.40 Å². The van der Waals surface area contributed by atoms with Crippen LogP contribution in [0.5, 0.6) is 0 Å². The van der Waals surface area contributed by atoms with Gasteiger partial charge in [0.1, 0.15) is 11.5 Å². The summed E-state index contributed by atoms with van der Waals surface area (Å²) in [5.74, 6) is 1.23. The van der Waals surface area contributed by atoms with Crippen LogP contribution in [0.15, 0.2) is 88.2 Å². The van der Waals surface area contributed by atoms with Crippen molar-refractivity contribution >= 4 is 11.9 Å². The van der Waals surface area contributed by atoms with Crippen LogP contribution >= 0.6 is 0 Å². The molecule has 0 unspecified atom stereocenters. The number of ketones is 1. The minimum Gasteiger partial charge on any atom is -0.460 e. The lowest BCUT2D eigenvalue weighted by Gasteiger charge is -2.03. The Balaban J connectivity index is 1.62. The lowest BCUT2D eigenvalue weighted by atomic mass is 10.1. The number of H-pyrrole nitrogens is 1. The number of rotatable bonds is 5. The van der Waals surface area contributed by atoms with Crippen molar-refractivity contribution < 1.29 is 9.21 Å². The molecule has 0 spiro atoms. The van der Waals surface area contributed by atoms with Gasteiger partial charge in [0.15, 0.2) is 11.5 Å². The Bertz CT molecular complexity index is 1210. The molecule has 0 saturated carbocycles. The summed E-state index contributed by atoms with van der Waals surface area (Å²) >= 11 is 0. The van der Waals surface area contributed by atoms with E-state index in [9.17, 15) is 9.59 Å². The quantitative estimate of drug-likeness (QED) is 0.411. The molecule has 5 nitrogen and oxygen atoms in total. The van der Waals surface area contributed by atoms with Crippen molar-refractivity contribution in [2.45, 2.75) is 6.92 Å². The van der Waals surface area contributed by atoms with Gasteiger partial charge in [-0.25, -0.2) is 4.79 Å². The summed E-state index contributed by atoms with van der Waals surface area (Å²) in [6, 6.07) is 20.2. The fourth-order valence-corrected chi connectivity index (χ4v) is 2.93. The Kier molecular flexibility index (Phi) is 4.64. The summed E-state index contributed by atoms with van der Waals surface area (Å²) < 4.78 is 7.03. The summed E-state index contributed by atoms with van der Waals surface area (Å²) in [5, 5.41) is 0. The predicted octanol–water partition coefficient (Wildman–Crippen LogP) is 4.63. The molecule has 138 valence electrons. The average Bonchev–Trinajstić information content (AvgIpc) is 3.32. The highest BCUT2D eigenvalue weighted by Gasteiger charge is 2.11. The molecule has 28 heavy (non-hydrogen) atoms. The summed E-state index contributed by atoms with van der Waals surface area (Å²) in [5.41, 5.74) is 2.35. The maximum absolute atomic E-state index is 12.5. The Hall–Kier alpha value is -3.86. The van der Waals surface area contributed by atoms with Gasteiger partial charge in [0.25, 0.3) is 0 Å². The van der Waals surface area contributed by atoms with Crippen molar-refractivity contribution in [1.82, 2.24) is 9.55 Å². The molecule has 2 aromatic heterocycles. The number of carbonyl (C=O) groups excluding carboxylic acids is 1. The number of aromatic nitrogens is 2. The molecule has 0 amide bonds. The van der Waals surface area contributed by atoms with E-state index < -0.39 is 0 Å². The Morgan fingerprint density at radius 1 is 1.04 bits per heavy atom. The van der Waals surface area contributed by atoms with Crippen LogP contribution in [-0.2, 0) is 0 Å². The summed E-state index contributed by atoms with van der Waals surface area (Å²) in [6.45, 7) is 1.84. The van der Waals surface area contributed by atoms with E-state index in [-0.39, 0.29) is 11.5 Å². The van der Waals surface area contributed by atoms with Crippen LogP contribution in [0.4, 0.5) is 0 Å². The Labute approximate surface area is 161 Å².